The number of aryl methyl sites for hydroxylation is 1. The topological polar surface area (TPSA) is 106 Å². The first kappa shape index (κ1) is 18.3. The standard InChI is InChI=1S/C15H25N5O4S/c1-25(22,23)19-6-7-24-14(11-19)10-17-15(21)3-2-12-8-13-9-16-4-5-20(13)18-12/h8,14,16H,2-7,9-11H2,1H3,(H,17,21)/t14-/m1/s1. The summed E-state index contributed by atoms with van der Waals surface area (Å²) >= 11 is 0. The van der Waals surface area contributed by atoms with Crippen LogP contribution in [0.2, 0.25) is 0 Å². The number of nitrogens with zero attached hydrogens (tertiary/aromatic N) is 3. The molecular formula is C15H25N5O4S. The molecule has 1 fully saturated rings. The normalized spacial score (nSPS) is 21.7. The third-order valence-electron chi connectivity index (χ3n) is 4.43. The van der Waals surface area contributed by atoms with Gasteiger partial charge in [-0.3, -0.25) is 9.48 Å². The second-order valence-electron chi connectivity index (χ2n) is 6.44. The Bertz CT molecular complexity index is 694. The zero-order valence-corrected chi connectivity index (χ0v) is 15.2. The minimum Gasteiger partial charge on any atom is -0.374 e. The number of morpholine rings is 1. The first-order valence-electron chi connectivity index (χ1n) is 8.51. The predicted molar refractivity (Wildman–Crippen MR) is 91.4 cm³/mol. The molecule has 1 aromatic rings. The third-order valence-corrected chi connectivity index (χ3v) is 5.70. The number of rotatable bonds is 6. The molecular weight excluding hydrogens is 346 g/mol. The summed E-state index contributed by atoms with van der Waals surface area (Å²) in [5, 5.41) is 10.6. The van der Waals surface area contributed by atoms with Crippen molar-refractivity contribution in [3.8, 4) is 0 Å². The highest BCUT2D eigenvalue weighted by atomic mass is 32.2. The van der Waals surface area contributed by atoms with Crippen molar-refractivity contribution in [1.29, 1.82) is 0 Å². The van der Waals surface area contributed by atoms with Crippen molar-refractivity contribution in [1.82, 2.24) is 24.7 Å². The summed E-state index contributed by atoms with van der Waals surface area (Å²) in [5.74, 6) is -0.0795. The molecule has 0 saturated carbocycles. The zero-order valence-electron chi connectivity index (χ0n) is 14.4. The molecule has 3 heterocycles. The summed E-state index contributed by atoms with van der Waals surface area (Å²) in [5.41, 5.74) is 2.07. The van der Waals surface area contributed by atoms with Gasteiger partial charge in [0.15, 0.2) is 0 Å². The lowest BCUT2D eigenvalue weighted by Crippen LogP contribution is -2.49. The SMILES string of the molecule is CS(=O)(=O)N1CCO[C@H](CNC(=O)CCc2cc3n(n2)CCNC3)C1. The van der Waals surface area contributed by atoms with Crippen molar-refractivity contribution < 1.29 is 17.9 Å². The molecule has 9 nitrogen and oxygen atoms in total. The van der Waals surface area contributed by atoms with Crippen molar-refractivity contribution in [2.45, 2.75) is 32.0 Å². The minimum absolute atomic E-state index is 0.0795. The largest absolute Gasteiger partial charge is 0.374 e. The predicted octanol–water partition coefficient (Wildman–Crippen LogP) is -1.30. The van der Waals surface area contributed by atoms with E-state index in [0.29, 0.717) is 32.5 Å². The van der Waals surface area contributed by atoms with Crippen LogP contribution in [-0.4, -0.2) is 73.6 Å². The molecule has 1 atom stereocenters. The van der Waals surface area contributed by atoms with Gasteiger partial charge in [-0.05, 0) is 6.07 Å². The molecule has 2 N–H and O–H groups in total. The van der Waals surface area contributed by atoms with Crippen molar-refractivity contribution in [2.75, 3.05) is 39.0 Å². The quantitative estimate of drug-likeness (QED) is 0.644. The maximum Gasteiger partial charge on any atom is 0.220 e. The Morgan fingerprint density at radius 1 is 1.48 bits per heavy atom. The fourth-order valence-electron chi connectivity index (χ4n) is 3.05. The average molecular weight is 371 g/mol. The zero-order chi connectivity index (χ0) is 17.9. The van der Waals surface area contributed by atoms with Gasteiger partial charge >= 0.3 is 0 Å². The molecule has 1 saturated heterocycles. The molecule has 1 amide bonds. The number of carbonyl (C=O) groups is 1. The fraction of sp³-hybridized carbons (Fsp3) is 0.733. The van der Waals surface area contributed by atoms with Gasteiger partial charge < -0.3 is 15.4 Å². The molecule has 1 aromatic heterocycles. The van der Waals surface area contributed by atoms with Crippen LogP contribution in [0, 0.1) is 0 Å². The summed E-state index contributed by atoms with van der Waals surface area (Å²) < 4.78 is 32.1. The van der Waals surface area contributed by atoms with Gasteiger partial charge in [-0.2, -0.15) is 9.40 Å². The van der Waals surface area contributed by atoms with Gasteiger partial charge in [-0.1, -0.05) is 0 Å². The van der Waals surface area contributed by atoms with Crippen LogP contribution in [0.25, 0.3) is 0 Å². The van der Waals surface area contributed by atoms with Crippen molar-refractivity contribution in [3.05, 3.63) is 17.5 Å². The van der Waals surface area contributed by atoms with Crippen LogP contribution in [0.3, 0.4) is 0 Å². The molecule has 10 heteroatoms. The van der Waals surface area contributed by atoms with E-state index in [1.165, 1.54) is 10.6 Å². The molecule has 0 radical (unpaired) electrons. The van der Waals surface area contributed by atoms with E-state index < -0.39 is 10.0 Å². The van der Waals surface area contributed by atoms with E-state index in [2.05, 4.69) is 15.7 Å². The number of sulfonamides is 1. The van der Waals surface area contributed by atoms with Crippen LogP contribution in [-0.2, 0) is 39.1 Å². The number of ether oxygens (including phenoxy) is 1. The van der Waals surface area contributed by atoms with Gasteiger partial charge in [0.1, 0.15) is 0 Å². The van der Waals surface area contributed by atoms with Crippen LogP contribution in [0.1, 0.15) is 17.8 Å². The lowest BCUT2D eigenvalue weighted by atomic mass is 10.2. The van der Waals surface area contributed by atoms with Gasteiger partial charge in [-0.15, -0.1) is 0 Å². The number of nitrogens with one attached hydrogen (secondary N) is 2. The Hall–Kier alpha value is -1.49. The Balaban J connectivity index is 1.41. The summed E-state index contributed by atoms with van der Waals surface area (Å²) in [4.78, 5) is 12.0. The molecule has 3 rings (SSSR count). The van der Waals surface area contributed by atoms with E-state index >= 15 is 0 Å². The first-order valence-corrected chi connectivity index (χ1v) is 10.4. The Labute approximate surface area is 147 Å². The van der Waals surface area contributed by atoms with Gasteiger partial charge in [0.05, 0.1) is 36.9 Å². The van der Waals surface area contributed by atoms with E-state index in [0.717, 1.165) is 31.0 Å². The highest BCUT2D eigenvalue weighted by Gasteiger charge is 2.26. The summed E-state index contributed by atoms with van der Waals surface area (Å²) in [6.07, 6.45) is 1.83. The van der Waals surface area contributed by atoms with Crippen LogP contribution in [0.15, 0.2) is 6.07 Å². The minimum atomic E-state index is -3.22. The van der Waals surface area contributed by atoms with Gasteiger partial charge in [0.2, 0.25) is 15.9 Å². The molecule has 25 heavy (non-hydrogen) atoms. The number of hydrogen-bond donors (Lipinski definition) is 2. The van der Waals surface area contributed by atoms with E-state index in [1.54, 1.807) is 0 Å². The fourth-order valence-corrected chi connectivity index (χ4v) is 3.89. The monoisotopic (exact) mass is 371 g/mol. The lowest BCUT2D eigenvalue weighted by molar-refractivity contribution is -0.122. The molecule has 0 unspecified atom stereocenters. The summed E-state index contributed by atoms with van der Waals surface area (Å²) in [7, 11) is -3.22. The van der Waals surface area contributed by atoms with E-state index in [4.69, 9.17) is 4.74 Å². The van der Waals surface area contributed by atoms with Gasteiger partial charge in [0.25, 0.3) is 0 Å². The van der Waals surface area contributed by atoms with E-state index in [1.807, 2.05) is 10.7 Å². The third kappa shape index (κ3) is 5.00. The van der Waals surface area contributed by atoms with Gasteiger partial charge in [0, 0.05) is 45.6 Å². The maximum atomic E-state index is 12.0. The highest BCUT2D eigenvalue weighted by Crippen LogP contribution is 2.10. The Morgan fingerprint density at radius 2 is 2.32 bits per heavy atom. The molecule has 140 valence electrons. The number of carbonyl (C=O) groups excluding carboxylic acids is 1. The Kier molecular flexibility index (Phi) is 5.72. The van der Waals surface area contributed by atoms with E-state index in [-0.39, 0.29) is 18.6 Å². The van der Waals surface area contributed by atoms with Crippen LogP contribution in [0.4, 0.5) is 0 Å². The van der Waals surface area contributed by atoms with Crippen LogP contribution in [0.5, 0.6) is 0 Å². The second-order valence-corrected chi connectivity index (χ2v) is 8.43. The molecule has 0 aromatic carbocycles. The molecule has 0 spiro atoms. The number of aromatic nitrogens is 2. The Morgan fingerprint density at radius 3 is 3.08 bits per heavy atom. The highest BCUT2D eigenvalue weighted by molar-refractivity contribution is 7.88. The summed E-state index contributed by atoms with van der Waals surface area (Å²) in [6, 6.07) is 2.04. The van der Waals surface area contributed by atoms with Gasteiger partial charge in [-0.25, -0.2) is 8.42 Å². The van der Waals surface area contributed by atoms with E-state index in [9.17, 15) is 13.2 Å². The second kappa shape index (κ2) is 7.81. The molecule has 0 bridgehead atoms. The number of fused-ring (bicyclic) bond motifs is 1. The first-order chi connectivity index (χ1) is 11.9. The maximum absolute atomic E-state index is 12.0. The number of hydrogen-bond acceptors (Lipinski definition) is 6. The van der Waals surface area contributed by atoms with Crippen LogP contribution < -0.4 is 10.6 Å². The molecule has 2 aliphatic rings. The van der Waals surface area contributed by atoms with Crippen molar-refractivity contribution in [3.63, 3.8) is 0 Å². The van der Waals surface area contributed by atoms with Crippen molar-refractivity contribution >= 4 is 15.9 Å². The smallest absolute Gasteiger partial charge is 0.220 e. The van der Waals surface area contributed by atoms with Crippen molar-refractivity contribution in [2.24, 2.45) is 0 Å². The lowest BCUT2D eigenvalue weighted by Gasteiger charge is -2.31. The molecule has 0 aliphatic carbocycles. The number of amides is 1. The molecule has 2 aliphatic heterocycles. The van der Waals surface area contributed by atoms with Crippen LogP contribution >= 0.6 is 0 Å². The average Bonchev–Trinajstić information content (AvgIpc) is 3.00. The summed E-state index contributed by atoms with van der Waals surface area (Å²) in [6.45, 7) is 3.90.